The fourth-order valence-electron chi connectivity index (χ4n) is 2.92. The molecule has 6 nitrogen and oxygen atoms in total. The molecule has 1 atom stereocenters. The van der Waals surface area contributed by atoms with Crippen LogP contribution < -0.4 is 10.9 Å². The Morgan fingerprint density at radius 3 is 3.04 bits per heavy atom. The summed E-state index contributed by atoms with van der Waals surface area (Å²) in [5.41, 5.74) is 0.908. The van der Waals surface area contributed by atoms with Gasteiger partial charge in [-0.05, 0) is 32.3 Å². The van der Waals surface area contributed by atoms with Crippen LogP contribution in [-0.4, -0.2) is 40.5 Å². The molecular formula is C18H23N3O3S2. The van der Waals surface area contributed by atoms with Gasteiger partial charge in [0.05, 0.1) is 17.2 Å². The number of rotatable bonds is 7. The minimum Gasteiger partial charge on any atom is -0.376 e. The molecule has 1 amide bonds. The zero-order valence-corrected chi connectivity index (χ0v) is 16.7. The number of ether oxygens (including phenoxy) is 1. The normalized spacial score (nSPS) is 16.9. The first-order valence-corrected chi connectivity index (χ1v) is 10.4. The summed E-state index contributed by atoms with van der Waals surface area (Å²) in [6.45, 7) is 9.34. The van der Waals surface area contributed by atoms with Crippen LogP contribution in [0.4, 0.5) is 0 Å². The molecule has 1 N–H and O–H groups in total. The van der Waals surface area contributed by atoms with Gasteiger partial charge in [-0.2, -0.15) is 0 Å². The largest absolute Gasteiger partial charge is 0.376 e. The highest BCUT2D eigenvalue weighted by Crippen LogP contribution is 2.28. The van der Waals surface area contributed by atoms with Crippen LogP contribution in [0.5, 0.6) is 0 Å². The van der Waals surface area contributed by atoms with Crippen molar-refractivity contribution < 1.29 is 9.53 Å². The Hall–Kier alpha value is -1.64. The van der Waals surface area contributed by atoms with Crippen molar-refractivity contribution >= 4 is 39.2 Å². The quantitative estimate of drug-likeness (QED) is 0.445. The van der Waals surface area contributed by atoms with Crippen molar-refractivity contribution in [2.45, 2.75) is 44.5 Å². The summed E-state index contributed by atoms with van der Waals surface area (Å²) in [5, 5.41) is 4.11. The second-order valence-corrected chi connectivity index (χ2v) is 8.44. The Morgan fingerprint density at radius 2 is 2.35 bits per heavy atom. The predicted molar refractivity (Wildman–Crippen MR) is 106 cm³/mol. The third kappa shape index (κ3) is 4.02. The van der Waals surface area contributed by atoms with Gasteiger partial charge in [0.2, 0.25) is 5.91 Å². The topological polar surface area (TPSA) is 73.2 Å². The van der Waals surface area contributed by atoms with Gasteiger partial charge in [-0.15, -0.1) is 17.9 Å². The second-order valence-electron chi connectivity index (χ2n) is 6.29. The fourth-order valence-corrected chi connectivity index (χ4v) is 4.83. The molecule has 1 aliphatic heterocycles. The van der Waals surface area contributed by atoms with Gasteiger partial charge in [0.15, 0.2) is 5.16 Å². The maximum atomic E-state index is 12.9. The highest BCUT2D eigenvalue weighted by Gasteiger charge is 2.18. The predicted octanol–water partition coefficient (Wildman–Crippen LogP) is 2.65. The zero-order valence-electron chi connectivity index (χ0n) is 15.0. The summed E-state index contributed by atoms with van der Waals surface area (Å²) < 4.78 is 7.10. The van der Waals surface area contributed by atoms with E-state index in [1.54, 1.807) is 10.6 Å². The van der Waals surface area contributed by atoms with Crippen LogP contribution in [-0.2, 0) is 16.1 Å². The SMILES string of the molecule is C=CCn1c(SCC(=O)NC[C@@H]2CCCO2)nc2sc(C)c(C)c2c1=O. The highest BCUT2D eigenvalue weighted by atomic mass is 32.2. The van der Waals surface area contributed by atoms with E-state index in [0.717, 1.165) is 34.7 Å². The summed E-state index contributed by atoms with van der Waals surface area (Å²) in [6.07, 6.45) is 3.83. The van der Waals surface area contributed by atoms with Crippen molar-refractivity contribution in [1.82, 2.24) is 14.9 Å². The lowest BCUT2D eigenvalue weighted by Crippen LogP contribution is -2.33. The molecule has 0 spiro atoms. The number of hydrogen-bond acceptors (Lipinski definition) is 6. The van der Waals surface area contributed by atoms with E-state index in [-0.39, 0.29) is 23.3 Å². The molecule has 3 rings (SSSR count). The lowest BCUT2D eigenvalue weighted by molar-refractivity contribution is -0.119. The Kier molecular flexibility index (Phi) is 6.16. The molecule has 0 aromatic carbocycles. The van der Waals surface area contributed by atoms with Crippen LogP contribution in [0.3, 0.4) is 0 Å². The number of thioether (sulfide) groups is 1. The standard InChI is InChI=1S/C18H23N3O3S2/c1-4-7-21-17(23)15-11(2)12(3)26-16(15)20-18(21)25-10-14(22)19-9-13-6-5-8-24-13/h4,13H,1,5-10H2,2-3H3,(H,19,22)/t13-/m0/s1. The van der Waals surface area contributed by atoms with E-state index in [0.29, 0.717) is 23.6 Å². The van der Waals surface area contributed by atoms with E-state index >= 15 is 0 Å². The maximum Gasteiger partial charge on any atom is 0.263 e. The molecular weight excluding hydrogens is 370 g/mol. The van der Waals surface area contributed by atoms with Gasteiger partial charge in [0.25, 0.3) is 5.56 Å². The minimum atomic E-state index is -0.0801. The van der Waals surface area contributed by atoms with Crippen LogP contribution in [0, 0.1) is 13.8 Å². The molecule has 0 saturated carbocycles. The first-order chi connectivity index (χ1) is 12.5. The molecule has 2 aromatic heterocycles. The monoisotopic (exact) mass is 393 g/mol. The fraction of sp³-hybridized carbons (Fsp3) is 0.500. The molecule has 2 aromatic rings. The molecule has 1 fully saturated rings. The van der Waals surface area contributed by atoms with Crippen molar-refractivity contribution in [2.24, 2.45) is 0 Å². The van der Waals surface area contributed by atoms with Crippen LogP contribution in [0.2, 0.25) is 0 Å². The lowest BCUT2D eigenvalue weighted by Gasteiger charge is -2.12. The van der Waals surface area contributed by atoms with Crippen molar-refractivity contribution in [1.29, 1.82) is 0 Å². The van der Waals surface area contributed by atoms with Crippen molar-refractivity contribution in [3.63, 3.8) is 0 Å². The number of carbonyl (C=O) groups excluding carboxylic acids is 1. The minimum absolute atomic E-state index is 0.0704. The molecule has 0 radical (unpaired) electrons. The van der Waals surface area contributed by atoms with Gasteiger partial charge in [-0.25, -0.2) is 4.98 Å². The van der Waals surface area contributed by atoms with Crippen LogP contribution in [0.25, 0.3) is 10.2 Å². The molecule has 0 bridgehead atoms. The number of hydrogen-bond donors (Lipinski definition) is 1. The number of amides is 1. The first-order valence-electron chi connectivity index (χ1n) is 8.63. The van der Waals surface area contributed by atoms with E-state index in [9.17, 15) is 9.59 Å². The second kappa shape index (κ2) is 8.37. The van der Waals surface area contributed by atoms with Crippen molar-refractivity contribution in [3.8, 4) is 0 Å². The summed E-state index contributed by atoms with van der Waals surface area (Å²) in [6, 6.07) is 0. The van der Waals surface area contributed by atoms with E-state index < -0.39 is 0 Å². The molecule has 0 aliphatic carbocycles. The molecule has 26 heavy (non-hydrogen) atoms. The van der Waals surface area contributed by atoms with Gasteiger partial charge < -0.3 is 10.1 Å². The van der Waals surface area contributed by atoms with Gasteiger partial charge in [-0.3, -0.25) is 14.2 Å². The molecule has 8 heteroatoms. The Labute approximate surface area is 160 Å². The van der Waals surface area contributed by atoms with Gasteiger partial charge in [0.1, 0.15) is 4.83 Å². The Bertz CT molecular complexity index is 882. The van der Waals surface area contributed by atoms with E-state index in [1.807, 2.05) is 13.8 Å². The highest BCUT2D eigenvalue weighted by molar-refractivity contribution is 7.99. The molecule has 3 heterocycles. The summed E-state index contributed by atoms with van der Waals surface area (Å²) >= 11 is 2.79. The van der Waals surface area contributed by atoms with Gasteiger partial charge >= 0.3 is 0 Å². The van der Waals surface area contributed by atoms with E-state index in [2.05, 4.69) is 16.9 Å². The zero-order chi connectivity index (χ0) is 18.7. The van der Waals surface area contributed by atoms with Crippen LogP contribution >= 0.6 is 23.1 Å². The Morgan fingerprint density at radius 1 is 1.54 bits per heavy atom. The van der Waals surface area contributed by atoms with E-state index in [4.69, 9.17) is 4.74 Å². The third-order valence-corrected chi connectivity index (χ3v) is 6.53. The molecule has 0 unspecified atom stereocenters. The van der Waals surface area contributed by atoms with Crippen LogP contribution in [0.1, 0.15) is 23.3 Å². The number of thiophene rings is 1. The van der Waals surface area contributed by atoms with Crippen molar-refractivity contribution in [3.05, 3.63) is 33.4 Å². The van der Waals surface area contributed by atoms with Gasteiger partial charge in [-0.1, -0.05) is 17.8 Å². The van der Waals surface area contributed by atoms with Crippen LogP contribution in [0.15, 0.2) is 22.6 Å². The summed E-state index contributed by atoms with van der Waals surface area (Å²) in [7, 11) is 0. The number of fused-ring (bicyclic) bond motifs is 1. The Balaban J connectivity index is 1.75. The van der Waals surface area contributed by atoms with Gasteiger partial charge in [0, 0.05) is 24.6 Å². The van der Waals surface area contributed by atoms with Crippen molar-refractivity contribution in [2.75, 3.05) is 18.9 Å². The average molecular weight is 394 g/mol. The smallest absolute Gasteiger partial charge is 0.263 e. The maximum absolute atomic E-state index is 12.9. The number of nitrogens with one attached hydrogen (secondary N) is 1. The van der Waals surface area contributed by atoms with E-state index in [1.165, 1.54) is 23.1 Å². The number of allylic oxidation sites excluding steroid dienone is 1. The molecule has 1 aliphatic rings. The number of aromatic nitrogens is 2. The first kappa shape index (κ1) is 19.1. The average Bonchev–Trinajstić information content (AvgIpc) is 3.23. The number of aryl methyl sites for hydroxylation is 2. The lowest BCUT2D eigenvalue weighted by atomic mass is 10.2. The molecule has 1 saturated heterocycles. The summed E-state index contributed by atoms with van der Waals surface area (Å²) in [4.78, 5) is 31.5. The number of nitrogens with zero attached hydrogens (tertiary/aromatic N) is 2. The summed E-state index contributed by atoms with van der Waals surface area (Å²) in [5.74, 6) is 0.133. The third-order valence-electron chi connectivity index (χ3n) is 4.45. The molecule has 140 valence electrons. The number of carbonyl (C=O) groups is 1.